The van der Waals surface area contributed by atoms with Crippen LogP contribution in [-0.4, -0.2) is 9.97 Å². The Bertz CT molecular complexity index is 354. The van der Waals surface area contributed by atoms with E-state index in [1.807, 2.05) is 0 Å². The van der Waals surface area contributed by atoms with E-state index in [0.29, 0.717) is 11.8 Å². The molecule has 1 atom stereocenters. The zero-order chi connectivity index (χ0) is 11.0. The lowest BCUT2D eigenvalue weighted by Crippen LogP contribution is -2.09. The lowest BCUT2D eigenvalue weighted by Gasteiger charge is -2.15. The Balaban J connectivity index is 2.30. The highest BCUT2D eigenvalue weighted by Gasteiger charge is 2.26. The summed E-state index contributed by atoms with van der Waals surface area (Å²) in [4.78, 5) is 9.26. The second kappa shape index (κ2) is 3.92. The minimum Gasteiger partial charge on any atom is -0.238 e. The monoisotopic (exact) mass is 204 g/mol. The molecule has 1 aliphatic carbocycles. The first-order valence-corrected chi connectivity index (χ1v) is 5.93. The Morgan fingerprint density at radius 1 is 1.20 bits per heavy atom. The Morgan fingerprint density at radius 3 is 2.40 bits per heavy atom. The molecular weight excluding hydrogens is 184 g/mol. The van der Waals surface area contributed by atoms with Gasteiger partial charge in [-0.25, -0.2) is 9.97 Å². The average molecular weight is 204 g/mol. The van der Waals surface area contributed by atoms with E-state index < -0.39 is 0 Å². The Morgan fingerprint density at radius 2 is 1.87 bits per heavy atom. The molecule has 0 aromatic carbocycles. The molecule has 1 aromatic rings. The van der Waals surface area contributed by atoms with Crippen LogP contribution >= 0.6 is 0 Å². The van der Waals surface area contributed by atoms with Gasteiger partial charge in [-0.05, 0) is 31.7 Å². The summed E-state index contributed by atoms with van der Waals surface area (Å²) in [6.45, 7) is 8.75. The fourth-order valence-corrected chi connectivity index (χ4v) is 1.71. The summed E-state index contributed by atoms with van der Waals surface area (Å²) in [5, 5.41) is 0. The van der Waals surface area contributed by atoms with Crippen molar-refractivity contribution in [3.8, 4) is 0 Å². The molecule has 2 rings (SSSR count). The summed E-state index contributed by atoms with van der Waals surface area (Å²) < 4.78 is 0. The van der Waals surface area contributed by atoms with Crippen molar-refractivity contribution in [1.82, 2.24) is 9.97 Å². The molecule has 82 valence electrons. The second-order valence-corrected chi connectivity index (χ2v) is 5.10. The summed E-state index contributed by atoms with van der Waals surface area (Å²) in [6, 6.07) is 2.15. The molecule has 0 radical (unpaired) electrons. The molecule has 2 nitrogen and oxygen atoms in total. The van der Waals surface area contributed by atoms with Crippen molar-refractivity contribution >= 4 is 0 Å². The Kier molecular flexibility index (Phi) is 2.76. The Hall–Kier alpha value is -0.920. The lowest BCUT2D eigenvalue weighted by atomic mass is 9.97. The van der Waals surface area contributed by atoms with Gasteiger partial charge in [-0.3, -0.25) is 0 Å². The summed E-state index contributed by atoms with van der Waals surface area (Å²) in [5.41, 5.74) is 2.39. The van der Waals surface area contributed by atoms with Crippen LogP contribution in [0.4, 0.5) is 0 Å². The predicted octanol–water partition coefficient (Wildman–Crippen LogP) is 3.42. The van der Waals surface area contributed by atoms with E-state index in [4.69, 9.17) is 4.98 Å². The highest BCUT2D eigenvalue weighted by atomic mass is 14.9. The first kappa shape index (κ1) is 10.6. The van der Waals surface area contributed by atoms with Crippen molar-refractivity contribution in [3.63, 3.8) is 0 Å². The van der Waals surface area contributed by atoms with E-state index in [0.717, 1.165) is 17.4 Å². The topological polar surface area (TPSA) is 25.8 Å². The van der Waals surface area contributed by atoms with Gasteiger partial charge in [0.05, 0.1) is 0 Å². The first-order chi connectivity index (χ1) is 7.08. The van der Waals surface area contributed by atoms with Gasteiger partial charge < -0.3 is 0 Å². The fraction of sp³-hybridized carbons (Fsp3) is 0.692. The van der Waals surface area contributed by atoms with E-state index in [9.17, 15) is 0 Å². The Labute approximate surface area is 92.1 Å². The molecule has 2 heteroatoms. The van der Waals surface area contributed by atoms with Gasteiger partial charge in [-0.2, -0.15) is 0 Å². The molecule has 1 fully saturated rings. The van der Waals surface area contributed by atoms with Crippen LogP contribution in [0.25, 0.3) is 0 Å². The minimum atomic E-state index is 0.461. The molecule has 0 amide bonds. The number of hydrogen-bond acceptors (Lipinski definition) is 2. The normalized spacial score (nSPS) is 18.2. The SMILES string of the molecule is Cc1cc(C2CC2)nc(C(C)C(C)C)n1. The second-order valence-electron chi connectivity index (χ2n) is 5.10. The number of rotatable bonds is 3. The molecule has 1 heterocycles. The average Bonchev–Trinajstić information content (AvgIpc) is 2.98. The molecular formula is C13H20N2. The molecule has 1 aliphatic rings. The van der Waals surface area contributed by atoms with Gasteiger partial charge in [0, 0.05) is 23.2 Å². The smallest absolute Gasteiger partial charge is 0.131 e. The molecule has 1 unspecified atom stereocenters. The zero-order valence-electron chi connectivity index (χ0n) is 10.1. The quantitative estimate of drug-likeness (QED) is 0.754. The number of aromatic nitrogens is 2. The van der Waals surface area contributed by atoms with E-state index >= 15 is 0 Å². The fourth-order valence-electron chi connectivity index (χ4n) is 1.71. The van der Waals surface area contributed by atoms with Crippen molar-refractivity contribution in [3.05, 3.63) is 23.3 Å². The van der Waals surface area contributed by atoms with Crippen LogP contribution in [0.3, 0.4) is 0 Å². The standard InChI is InChI=1S/C13H20N2/c1-8(2)10(4)13-14-9(3)7-12(15-13)11-5-6-11/h7-8,10-11H,5-6H2,1-4H3. The molecule has 1 aromatic heterocycles. The van der Waals surface area contributed by atoms with Crippen LogP contribution in [0.1, 0.15) is 62.7 Å². The molecule has 0 N–H and O–H groups in total. The highest BCUT2D eigenvalue weighted by molar-refractivity contribution is 5.19. The largest absolute Gasteiger partial charge is 0.238 e. The number of hydrogen-bond donors (Lipinski definition) is 0. The van der Waals surface area contributed by atoms with Gasteiger partial charge in [0.15, 0.2) is 0 Å². The summed E-state index contributed by atoms with van der Waals surface area (Å²) in [7, 11) is 0. The first-order valence-electron chi connectivity index (χ1n) is 5.93. The maximum Gasteiger partial charge on any atom is 0.131 e. The third-order valence-corrected chi connectivity index (χ3v) is 3.29. The molecule has 15 heavy (non-hydrogen) atoms. The van der Waals surface area contributed by atoms with Crippen molar-refractivity contribution < 1.29 is 0 Å². The maximum absolute atomic E-state index is 4.71. The molecule has 0 saturated heterocycles. The third kappa shape index (κ3) is 2.36. The predicted molar refractivity (Wildman–Crippen MR) is 62.0 cm³/mol. The maximum atomic E-state index is 4.71. The molecule has 0 spiro atoms. The van der Waals surface area contributed by atoms with Gasteiger partial charge in [-0.15, -0.1) is 0 Å². The van der Waals surface area contributed by atoms with Gasteiger partial charge in [-0.1, -0.05) is 20.8 Å². The van der Waals surface area contributed by atoms with Crippen LogP contribution in [-0.2, 0) is 0 Å². The van der Waals surface area contributed by atoms with Gasteiger partial charge in [0.1, 0.15) is 5.82 Å². The van der Waals surface area contributed by atoms with Crippen LogP contribution < -0.4 is 0 Å². The van der Waals surface area contributed by atoms with Gasteiger partial charge in [0.2, 0.25) is 0 Å². The zero-order valence-corrected chi connectivity index (χ0v) is 10.1. The van der Waals surface area contributed by atoms with Crippen LogP contribution in [0.2, 0.25) is 0 Å². The summed E-state index contributed by atoms with van der Waals surface area (Å²) in [6.07, 6.45) is 2.62. The molecule has 0 bridgehead atoms. The number of nitrogens with zero attached hydrogens (tertiary/aromatic N) is 2. The van der Waals surface area contributed by atoms with E-state index in [2.05, 4.69) is 38.7 Å². The highest BCUT2D eigenvalue weighted by Crippen LogP contribution is 2.39. The lowest BCUT2D eigenvalue weighted by molar-refractivity contribution is 0.507. The molecule has 0 aliphatic heterocycles. The van der Waals surface area contributed by atoms with Crippen molar-refractivity contribution in [2.75, 3.05) is 0 Å². The number of aryl methyl sites for hydroxylation is 1. The van der Waals surface area contributed by atoms with Crippen LogP contribution in [0, 0.1) is 12.8 Å². The van der Waals surface area contributed by atoms with E-state index in [1.165, 1.54) is 18.5 Å². The van der Waals surface area contributed by atoms with Crippen LogP contribution in [0.5, 0.6) is 0 Å². The third-order valence-electron chi connectivity index (χ3n) is 3.29. The van der Waals surface area contributed by atoms with E-state index in [-0.39, 0.29) is 0 Å². The summed E-state index contributed by atoms with van der Waals surface area (Å²) >= 11 is 0. The van der Waals surface area contributed by atoms with Gasteiger partial charge in [0.25, 0.3) is 0 Å². The summed E-state index contributed by atoms with van der Waals surface area (Å²) in [5.74, 6) is 2.83. The molecule has 1 saturated carbocycles. The van der Waals surface area contributed by atoms with Crippen molar-refractivity contribution in [1.29, 1.82) is 0 Å². The van der Waals surface area contributed by atoms with Crippen molar-refractivity contribution in [2.24, 2.45) is 5.92 Å². The van der Waals surface area contributed by atoms with Gasteiger partial charge >= 0.3 is 0 Å². The van der Waals surface area contributed by atoms with Crippen LogP contribution in [0.15, 0.2) is 6.07 Å². The minimum absolute atomic E-state index is 0.461. The van der Waals surface area contributed by atoms with Crippen molar-refractivity contribution in [2.45, 2.75) is 52.4 Å². The van der Waals surface area contributed by atoms with E-state index in [1.54, 1.807) is 0 Å².